The Bertz CT molecular complexity index is 612. The SMILES string of the molecule is CC1(n2c(C3CC3)n[nH]c2=S)CCS(=O)(=O)C1. The van der Waals surface area contributed by atoms with Gasteiger partial charge in [-0.1, -0.05) is 0 Å². The van der Waals surface area contributed by atoms with Gasteiger partial charge in [0.25, 0.3) is 0 Å². The lowest BCUT2D eigenvalue weighted by molar-refractivity contribution is 0.349. The van der Waals surface area contributed by atoms with Gasteiger partial charge in [-0.2, -0.15) is 5.10 Å². The lowest BCUT2D eigenvalue weighted by Gasteiger charge is -2.25. The van der Waals surface area contributed by atoms with E-state index in [1.54, 1.807) is 0 Å². The minimum absolute atomic E-state index is 0.174. The van der Waals surface area contributed by atoms with Gasteiger partial charge in [0, 0.05) is 5.92 Å². The lowest BCUT2D eigenvalue weighted by Crippen LogP contribution is -2.33. The van der Waals surface area contributed by atoms with E-state index in [9.17, 15) is 8.42 Å². The fourth-order valence-electron chi connectivity index (χ4n) is 2.62. The normalized spacial score (nSPS) is 31.8. The molecule has 3 rings (SSSR count). The molecule has 1 aliphatic carbocycles. The van der Waals surface area contributed by atoms with Gasteiger partial charge in [-0.3, -0.25) is 9.67 Å². The summed E-state index contributed by atoms with van der Waals surface area (Å²) in [6.45, 7) is 1.97. The highest BCUT2D eigenvalue weighted by Gasteiger charge is 2.43. The zero-order chi connectivity index (χ0) is 12.3. The molecule has 1 aromatic heterocycles. The number of rotatable bonds is 2. The van der Waals surface area contributed by atoms with Crippen LogP contribution < -0.4 is 0 Å². The molecule has 1 saturated heterocycles. The molecule has 94 valence electrons. The van der Waals surface area contributed by atoms with Crippen molar-refractivity contribution in [2.45, 2.75) is 37.6 Å². The van der Waals surface area contributed by atoms with Crippen molar-refractivity contribution >= 4 is 22.1 Å². The van der Waals surface area contributed by atoms with E-state index in [0.29, 0.717) is 17.1 Å². The minimum atomic E-state index is -2.93. The van der Waals surface area contributed by atoms with E-state index in [1.165, 1.54) is 0 Å². The molecule has 0 bridgehead atoms. The van der Waals surface area contributed by atoms with E-state index in [4.69, 9.17) is 12.2 Å². The van der Waals surface area contributed by atoms with Crippen LogP contribution in [-0.2, 0) is 15.4 Å². The molecule has 5 nitrogen and oxygen atoms in total. The summed E-state index contributed by atoms with van der Waals surface area (Å²) in [6.07, 6.45) is 2.88. The van der Waals surface area contributed by atoms with Crippen LogP contribution in [0.2, 0.25) is 0 Å². The maximum absolute atomic E-state index is 11.7. The van der Waals surface area contributed by atoms with E-state index >= 15 is 0 Å². The van der Waals surface area contributed by atoms with Crippen LogP contribution in [0.4, 0.5) is 0 Å². The van der Waals surface area contributed by atoms with Crippen molar-refractivity contribution in [1.82, 2.24) is 14.8 Å². The monoisotopic (exact) mass is 273 g/mol. The molecule has 0 aromatic carbocycles. The second kappa shape index (κ2) is 3.41. The van der Waals surface area contributed by atoms with Gasteiger partial charge >= 0.3 is 0 Å². The van der Waals surface area contributed by atoms with Gasteiger partial charge in [-0.25, -0.2) is 8.42 Å². The molecule has 1 atom stereocenters. The van der Waals surface area contributed by atoms with E-state index in [1.807, 2.05) is 11.5 Å². The molecule has 1 aromatic rings. The third kappa shape index (κ3) is 1.85. The van der Waals surface area contributed by atoms with Gasteiger partial charge in [0.15, 0.2) is 14.6 Å². The third-order valence-corrected chi connectivity index (χ3v) is 5.82. The van der Waals surface area contributed by atoms with Crippen molar-refractivity contribution in [2.75, 3.05) is 11.5 Å². The summed E-state index contributed by atoms with van der Waals surface area (Å²) in [5.41, 5.74) is -0.416. The molecule has 2 heterocycles. The van der Waals surface area contributed by atoms with Crippen LogP contribution in [0.25, 0.3) is 0 Å². The largest absolute Gasteiger partial charge is 0.297 e. The molecule has 7 heteroatoms. The lowest BCUT2D eigenvalue weighted by atomic mass is 10.0. The Morgan fingerprint density at radius 3 is 2.76 bits per heavy atom. The van der Waals surface area contributed by atoms with Crippen molar-refractivity contribution in [3.05, 3.63) is 10.6 Å². The Hall–Kier alpha value is -0.690. The van der Waals surface area contributed by atoms with E-state index in [2.05, 4.69) is 10.2 Å². The highest BCUT2D eigenvalue weighted by atomic mass is 32.2. The summed E-state index contributed by atoms with van der Waals surface area (Å²) in [5.74, 6) is 1.83. The summed E-state index contributed by atoms with van der Waals surface area (Å²) < 4.78 is 25.8. The minimum Gasteiger partial charge on any atom is -0.297 e. The average Bonchev–Trinajstić information content (AvgIpc) is 2.93. The van der Waals surface area contributed by atoms with Crippen molar-refractivity contribution in [1.29, 1.82) is 0 Å². The first-order valence-electron chi connectivity index (χ1n) is 5.80. The summed E-state index contributed by atoms with van der Waals surface area (Å²) in [5, 5.41) is 7.08. The first-order chi connectivity index (χ1) is 7.91. The Labute approximate surface area is 105 Å². The number of nitrogens with one attached hydrogen (secondary N) is 1. The number of aromatic amines is 1. The zero-order valence-electron chi connectivity index (χ0n) is 9.64. The van der Waals surface area contributed by atoms with Crippen LogP contribution >= 0.6 is 12.2 Å². The summed E-state index contributed by atoms with van der Waals surface area (Å²) in [7, 11) is -2.93. The standard InChI is InChI=1S/C10H15N3O2S2/c1-10(4-5-17(14,15)6-10)13-8(7-2-3-7)11-12-9(13)16/h7H,2-6H2,1H3,(H,12,16). The highest BCUT2D eigenvalue weighted by molar-refractivity contribution is 7.91. The first kappa shape index (κ1) is 11.4. The topological polar surface area (TPSA) is 67.8 Å². The van der Waals surface area contributed by atoms with Crippen molar-refractivity contribution in [2.24, 2.45) is 0 Å². The Balaban J connectivity index is 2.10. The van der Waals surface area contributed by atoms with Crippen molar-refractivity contribution in [3.8, 4) is 0 Å². The fourth-order valence-corrected chi connectivity index (χ4v) is 5.09. The Morgan fingerprint density at radius 1 is 1.53 bits per heavy atom. The van der Waals surface area contributed by atoms with Gasteiger partial charge in [0.1, 0.15) is 5.82 Å². The summed E-state index contributed by atoms with van der Waals surface area (Å²) in [6, 6.07) is 0. The number of hydrogen-bond acceptors (Lipinski definition) is 4. The predicted octanol–water partition coefficient (Wildman–Crippen LogP) is 1.35. The van der Waals surface area contributed by atoms with E-state index in [0.717, 1.165) is 18.7 Å². The molecular formula is C10H15N3O2S2. The van der Waals surface area contributed by atoms with Gasteiger partial charge in [-0.05, 0) is 38.4 Å². The molecule has 0 amide bonds. The molecule has 17 heavy (non-hydrogen) atoms. The smallest absolute Gasteiger partial charge is 0.195 e. The molecule has 2 aliphatic rings. The molecule has 0 spiro atoms. The van der Waals surface area contributed by atoms with Crippen LogP contribution in [0, 0.1) is 4.77 Å². The zero-order valence-corrected chi connectivity index (χ0v) is 11.3. The second-order valence-electron chi connectivity index (χ2n) is 5.34. The maximum Gasteiger partial charge on any atom is 0.195 e. The number of hydrogen-bond donors (Lipinski definition) is 1. The van der Waals surface area contributed by atoms with Crippen molar-refractivity contribution in [3.63, 3.8) is 0 Å². The Morgan fingerprint density at radius 2 is 2.24 bits per heavy atom. The molecular weight excluding hydrogens is 258 g/mol. The predicted molar refractivity (Wildman–Crippen MR) is 66.3 cm³/mol. The summed E-state index contributed by atoms with van der Waals surface area (Å²) >= 11 is 5.25. The Kier molecular flexibility index (Phi) is 2.29. The quantitative estimate of drug-likeness (QED) is 0.826. The van der Waals surface area contributed by atoms with Crippen LogP contribution in [0.5, 0.6) is 0 Å². The van der Waals surface area contributed by atoms with E-state index in [-0.39, 0.29) is 11.5 Å². The average molecular weight is 273 g/mol. The van der Waals surface area contributed by atoms with E-state index < -0.39 is 15.4 Å². The molecule has 1 unspecified atom stereocenters. The molecule has 1 saturated carbocycles. The van der Waals surface area contributed by atoms with Crippen LogP contribution in [0.1, 0.15) is 37.9 Å². The van der Waals surface area contributed by atoms with Crippen LogP contribution in [0.15, 0.2) is 0 Å². The van der Waals surface area contributed by atoms with Gasteiger partial charge in [-0.15, -0.1) is 0 Å². The molecule has 1 aliphatic heterocycles. The fraction of sp³-hybridized carbons (Fsp3) is 0.800. The first-order valence-corrected chi connectivity index (χ1v) is 8.02. The molecule has 2 fully saturated rings. The van der Waals surface area contributed by atoms with Gasteiger partial charge < -0.3 is 0 Å². The second-order valence-corrected chi connectivity index (χ2v) is 7.91. The maximum atomic E-state index is 11.7. The number of nitrogens with zero attached hydrogens (tertiary/aromatic N) is 2. The number of aromatic nitrogens is 3. The number of sulfone groups is 1. The number of H-pyrrole nitrogens is 1. The van der Waals surface area contributed by atoms with Crippen molar-refractivity contribution < 1.29 is 8.42 Å². The van der Waals surface area contributed by atoms with Crippen LogP contribution in [-0.4, -0.2) is 34.7 Å². The van der Waals surface area contributed by atoms with Gasteiger partial charge in [0.05, 0.1) is 17.0 Å². The molecule has 1 N–H and O–H groups in total. The van der Waals surface area contributed by atoms with Crippen LogP contribution in [0.3, 0.4) is 0 Å². The highest BCUT2D eigenvalue weighted by Crippen LogP contribution is 2.42. The molecule has 0 radical (unpaired) electrons. The summed E-state index contributed by atoms with van der Waals surface area (Å²) in [4.78, 5) is 0. The van der Waals surface area contributed by atoms with Gasteiger partial charge in [0.2, 0.25) is 0 Å². The third-order valence-electron chi connectivity index (χ3n) is 3.66.